The number of carbonyl (C=O) groups excluding carboxylic acids is 1. The predicted octanol–water partition coefficient (Wildman–Crippen LogP) is 1.94. The fraction of sp³-hybridized carbons (Fsp3) is 0.286. The molecule has 1 aromatic carbocycles. The molecule has 5 heteroatoms. The number of amides is 1. The van der Waals surface area contributed by atoms with Crippen molar-refractivity contribution in [1.29, 1.82) is 0 Å². The third-order valence-electron chi connectivity index (χ3n) is 2.51. The van der Waals surface area contributed by atoms with Gasteiger partial charge in [0.05, 0.1) is 0 Å². The second kappa shape index (κ2) is 7.33. The fourth-order valence-corrected chi connectivity index (χ4v) is 1.61. The molecule has 0 radical (unpaired) electrons. The highest BCUT2D eigenvalue weighted by molar-refractivity contribution is 5.88. The minimum Gasteiger partial charge on any atom is -0.478 e. The van der Waals surface area contributed by atoms with Crippen molar-refractivity contribution in [3.63, 3.8) is 0 Å². The van der Waals surface area contributed by atoms with Crippen LogP contribution in [0.4, 0.5) is 5.69 Å². The van der Waals surface area contributed by atoms with E-state index in [1.807, 2.05) is 31.2 Å². The summed E-state index contributed by atoms with van der Waals surface area (Å²) >= 11 is 0. The largest absolute Gasteiger partial charge is 0.478 e. The zero-order chi connectivity index (χ0) is 14.3. The van der Waals surface area contributed by atoms with E-state index in [0.29, 0.717) is 6.54 Å². The van der Waals surface area contributed by atoms with Crippen molar-refractivity contribution < 1.29 is 14.7 Å². The summed E-state index contributed by atoms with van der Waals surface area (Å²) in [6, 6.07) is 7.59. The van der Waals surface area contributed by atoms with Gasteiger partial charge in [0.25, 0.3) is 0 Å². The monoisotopic (exact) mass is 262 g/mol. The molecule has 0 aliphatic carbocycles. The van der Waals surface area contributed by atoms with Crippen molar-refractivity contribution in [3.05, 3.63) is 42.0 Å². The van der Waals surface area contributed by atoms with Crippen molar-refractivity contribution in [1.82, 2.24) is 5.32 Å². The van der Waals surface area contributed by atoms with Crippen LogP contribution in [0.1, 0.15) is 25.5 Å². The summed E-state index contributed by atoms with van der Waals surface area (Å²) in [7, 11) is 0. The van der Waals surface area contributed by atoms with Crippen LogP contribution in [0.3, 0.4) is 0 Å². The number of carbonyl (C=O) groups is 2. The molecule has 1 aromatic rings. The first kappa shape index (κ1) is 14.9. The number of carboxylic acid groups (broad SMARTS) is 1. The number of hydrogen-bond donors (Lipinski definition) is 3. The lowest BCUT2D eigenvalue weighted by molar-refractivity contribution is -0.131. The molecule has 0 aromatic heterocycles. The lowest BCUT2D eigenvalue weighted by atomic mass is 10.1. The van der Waals surface area contributed by atoms with Gasteiger partial charge in [0.1, 0.15) is 0 Å². The molecule has 0 bridgehead atoms. The molecule has 0 saturated carbocycles. The number of hydrogen-bond acceptors (Lipinski definition) is 3. The van der Waals surface area contributed by atoms with Gasteiger partial charge < -0.3 is 15.7 Å². The molecule has 0 heterocycles. The van der Waals surface area contributed by atoms with Crippen LogP contribution in [0.5, 0.6) is 0 Å². The minimum atomic E-state index is -0.956. The summed E-state index contributed by atoms with van der Waals surface area (Å²) in [5.41, 5.74) is 1.77. The second-order valence-electron chi connectivity index (χ2n) is 4.18. The minimum absolute atomic E-state index is 0.0622. The van der Waals surface area contributed by atoms with Crippen LogP contribution in [-0.2, 0) is 9.59 Å². The lowest BCUT2D eigenvalue weighted by Crippen LogP contribution is -2.19. The van der Waals surface area contributed by atoms with Gasteiger partial charge in [-0.1, -0.05) is 18.2 Å². The number of aliphatic carboxylic acids is 1. The van der Waals surface area contributed by atoms with Crippen LogP contribution in [0.25, 0.3) is 0 Å². The molecule has 3 N–H and O–H groups in total. The molecule has 1 unspecified atom stereocenters. The number of carboxylic acids is 1. The first-order chi connectivity index (χ1) is 8.99. The summed E-state index contributed by atoms with van der Waals surface area (Å²) in [5.74, 6) is -1.07. The third-order valence-corrected chi connectivity index (χ3v) is 2.51. The highest BCUT2D eigenvalue weighted by atomic mass is 16.4. The Hall–Kier alpha value is -2.14. The average molecular weight is 262 g/mol. The van der Waals surface area contributed by atoms with E-state index in [1.165, 1.54) is 6.92 Å². The Morgan fingerprint density at radius 2 is 2.16 bits per heavy atom. The zero-order valence-corrected chi connectivity index (χ0v) is 11.0. The summed E-state index contributed by atoms with van der Waals surface area (Å²) in [6.07, 6.45) is 2.66. The van der Waals surface area contributed by atoms with E-state index >= 15 is 0 Å². The molecule has 1 atom stereocenters. The first-order valence-corrected chi connectivity index (χ1v) is 5.99. The fourth-order valence-electron chi connectivity index (χ4n) is 1.61. The van der Waals surface area contributed by atoms with Crippen molar-refractivity contribution in [2.45, 2.75) is 19.9 Å². The van der Waals surface area contributed by atoms with E-state index in [-0.39, 0.29) is 11.9 Å². The Bertz CT molecular complexity index is 483. The maximum Gasteiger partial charge on any atom is 0.328 e. The van der Waals surface area contributed by atoms with Gasteiger partial charge in [-0.25, -0.2) is 4.79 Å². The first-order valence-electron chi connectivity index (χ1n) is 5.99. The predicted molar refractivity (Wildman–Crippen MR) is 73.9 cm³/mol. The highest BCUT2D eigenvalue weighted by Crippen LogP contribution is 2.17. The Balaban J connectivity index is 2.58. The molecule has 1 amide bonds. The van der Waals surface area contributed by atoms with Gasteiger partial charge >= 0.3 is 5.97 Å². The van der Waals surface area contributed by atoms with Gasteiger partial charge in [0, 0.05) is 31.3 Å². The number of nitrogens with one attached hydrogen (secondary N) is 2. The van der Waals surface area contributed by atoms with E-state index in [9.17, 15) is 9.59 Å². The number of benzene rings is 1. The Morgan fingerprint density at radius 1 is 1.42 bits per heavy atom. The molecular weight excluding hydrogens is 244 g/mol. The van der Waals surface area contributed by atoms with Gasteiger partial charge in [-0.3, -0.25) is 4.79 Å². The Kier molecular flexibility index (Phi) is 5.75. The zero-order valence-electron chi connectivity index (χ0n) is 11.0. The van der Waals surface area contributed by atoms with Gasteiger partial charge in [0.15, 0.2) is 0 Å². The molecule has 5 nitrogen and oxygen atoms in total. The average Bonchev–Trinajstić information content (AvgIpc) is 2.33. The van der Waals surface area contributed by atoms with Gasteiger partial charge in [0.2, 0.25) is 5.91 Å². The molecule has 0 fully saturated rings. The van der Waals surface area contributed by atoms with Crippen LogP contribution in [0.2, 0.25) is 0 Å². The standard InChI is InChI=1S/C14H18N2O3/c1-10(15-8-4-7-14(18)19)12-5-3-6-13(9-12)16-11(2)17/h3-7,9-10,15H,8H2,1-2H3,(H,16,17)(H,18,19)/b7-4+. The molecule has 0 aliphatic heterocycles. The lowest BCUT2D eigenvalue weighted by Gasteiger charge is -2.14. The van der Waals surface area contributed by atoms with Crippen LogP contribution in [0, 0.1) is 0 Å². The van der Waals surface area contributed by atoms with Crippen LogP contribution in [0.15, 0.2) is 36.4 Å². The van der Waals surface area contributed by atoms with Crippen LogP contribution in [-0.4, -0.2) is 23.5 Å². The quantitative estimate of drug-likeness (QED) is 0.684. The summed E-state index contributed by atoms with van der Waals surface area (Å²) in [6.45, 7) is 3.91. The topological polar surface area (TPSA) is 78.4 Å². The van der Waals surface area contributed by atoms with E-state index in [4.69, 9.17) is 5.11 Å². The van der Waals surface area contributed by atoms with Crippen molar-refractivity contribution >= 4 is 17.6 Å². The summed E-state index contributed by atoms with van der Waals surface area (Å²) in [4.78, 5) is 21.3. The molecule has 102 valence electrons. The van der Waals surface area contributed by atoms with Gasteiger partial charge in [-0.05, 0) is 24.6 Å². The Morgan fingerprint density at radius 3 is 2.79 bits per heavy atom. The molecule has 0 saturated heterocycles. The van der Waals surface area contributed by atoms with E-state index in [1.54, 1.807) is 6.08 Å². The Labute approximate surface area is 112 Å². The normalized spacial score (nSPS) is 12.3. The van der Waals surface area contributed by atoms with Gasteiger partial charge in [-0.15, -0.1) is 0 Å². The van der Waals surface area contributed by atoms with E-state index in [0.717, 1.165) is 17.3 Å². The van der Waals surface area contributed by atoms with Crippen molar-refractivity contribution in [3.8, 4) is 0 Å². The van der Waals surface area contributed by atoms with Crippen molar-refractivity contribution in [2.24, 2.45) is 0 Å². The summed E-state index contributed by atoms with van der Waals surface area (Å²) in [5, 5.41) is 14.4. The maximum atomic E-state index is 11.0. The smallest absolute Gasteiger partial charge is 0.328 e. The van der Waals surface area contributed by atoms with Crippen LogP contribution >= 0.6 is 0 Å². The molecule has 1 rings (SSSR count). The van der Waals surface area contributed by atoms with Crippen LogP contribution < -0.4 is 10.6 Å². The number of rotatable bonds is 6. The number of anilines is 1. The molecule has 0 spiro atoms. The molecular formula is C14H18N2O3. The molecule has 0 aliphatic rings. The summed E-state index contributed by atoms with van der Waals surface area (Å²) < 4.78 is 0. The SMILES string of the molecule is CC(=O)Nc1cccc(C(C)NC/C=C/C(=O)O)c1. The maximum absolute atomic E-state index is 11.0. The van der Waals surface area contributed by atoms with E-state index in [2.05, 4.69) is 10.6 Å². The third kappa shape index (κ3) is 5.83. The van der Waals surface area contributed by atoms with Gasteiger partial charge in [-0.2, -0.15) is 0 Å². The van der Waals surface area contributed by atoms with Crippen molar-refractivity contribution in [2.75, 3.05) is 11.9 Å². The highest BCUT2D eigenvalue weighted by Gasteiger charge is 2.05. The van der Waals surface area contributed by atoms with E-state index < -0.39 is 5.97 Å². The molecule has 19 heavy (non-hydrogen) atoms. The second-order valence-corrected chi connectivity index (χ2v) is 4.18.